The van der Waals surface area contributed by atoms with E-state index in [1.165, 1.54) is 11.1 Å². The van der Waals surface area contributed by atoms with Gasteiger partial charge in [0.05, 0.1) is 17.3 Å². The summed E-state index contributed by atoms with van der Waals surface area (Å²) in [5.41, 5.74) is 2.37. The van der Waals surface area contributed by atoms with Crippen LogP contribution in [0.3, 0.4) is 0 Å². The summed E-state index contributed by atoms with van der Waals surface area (Å²) < 4.78 is 6.01. The predicted molar refractivity (Wildman–Crippen MR) is 92.9 cm³/mol. The molecule has 22 heavy (non-hydrogen) atoms. The molecule has 0 radical (unpaired) electrons. The smallest absolute Gasteiger partial charge is 0.0923 e. The normalized spacial score (nSPS) is 39.7. The minimum atomic E-state index is -0.624. The van der Waals surface area contributed by atoms with E-state index < -0.39 is 5.60 Å². The van der Waals surface area contributed by atoms with Crippen LogP contribution in [0.4, 0.5) is 0 Å². The molecule has 0 aromatic rings. The Morgan fingerprint density at radius 1 is 1.14 bits per heavy atom. The van der Waals surface area contributed by atoms with Gasteiger partial charge in [0.15, 0.2) is 0 Å². The Morgan fingerprint density at radius 2 is 1.77 bits per heavy atom. The molecule has 1 heterocycles. The van der Waals surface area contributed by atoms with Gasteiger partial charge in [0.2, 0.25) is 0 Å². The van der Waals surface area contributed by atoms with Gasteiger partial charge < -0.3 is 9.84 Å². The van der Waals surface area contributed by atoms with Crippen molar-refractivity contribution in [2.45, 2.75) is 96.9 Å². The molecule has 126 valence electrons. The lowest BCUT2D eigenvalue weighted by molar-refractivity contribution is 0.00635. The van der Waals surface area contributed by atoms with Crippen molar-refractivity contribution >= 4 is 0 Å². The molecule has 0 unspecified atom stereocenters. The zero-order valence-electron chi connectivity index (χ0n) is 15.1. The summed E-state index contributed by atoms with van der Waals surface area (Å²) in [6.45, 7) is 10.6. The van der Waals surface area contributed by atoms with Crippen LogP contribution in [0.1, 0.15) is 79.6 Å². The lowest BCUT2D eigenvalue weighted by atomic mass is 9.80. The second kappa shape index (κ2) is 6.88. The molecular formula is C20H34O2. The predicted octanol–water partition coefficient (Wildman–Crippen LogP) is 5.17. The van der Waals surface area contributed by atoms with E-state index in [-0.39, 0.29) is 5.60 Å². The minimum Gasteiger partial charge on any atom is -0.390 e. The van der Waals surface area contributed by atoms with E-state index in [0.29, 0.717) is 12.0 Å². The molecular weight excluding hydrogens is 272 g/mol. The highest BCUT2D eigenvalue weighted by atomic mass is 16.6. The van der Waals surface area contributed by atoms with E-state index in [0.717, 1.165) is 44.9 Å². The molecule has 3 atom stereocenters. The summed E-state index contributed by atoms with van der Waals surface area (Å²) in [7, 11) is 0. The van der Waals surface area contributed by atoms with Gasteiger partial charge >= 0.3 is 0 Å². The van der Waals surface area contributed by atoms with E-state index in [4.69, 9.17) is 4.74 Å². The van der Waals surface area contributed by atoms with Crippen molar-refractivity contribution in [3.8, 4) is 0 Å². The summed E-state index contributed by atoms with van der Waals surface area (Å²) in [6, 6.07) is 0. The van der Waals surface area contributed by atoms with Crippen molar-refractivity contribution in [3.63, 3.8) is 0 Å². The van der Waals surface area contributed by atoms with Gasteiger partial charge in [-0.1, -0.05) is 23.3 Å². The van der Waals surface area contributed by atoms with Crippen LogP contribution in [-0.2, 0) is 4.74 Å². The first kappa shape index (κ1) is 17.7. The van der Waals surface area contributed by atoms with E-state index in [2.05, 4.69) is 32.9 Å². The van der Waals surface area contributed by atoms with E-state index in [9.17, 15) is 5.11 Å². The Labute approximate surface area is 136 Å². The van der Waals surface area contributed by atoms with Gasteiger partial charge in [0.25, 0.3) is 0 Å². The molecule has 0 aromatic carbocycles. The Kier molecular flexibility index (Phi) is 5.55. The van der Waals surface area contributed by atoms with Crippen LogP contribution in [0, 0.1) is 5.92 Å². The number of hydrogen-bond donors (Lipinski definition) is 1. The number of ether oxygens (including phenoxy) is 1. The molecule has 1 N–H and O–H groups in total. The Morgan fingerprint density at radius 3 is 2.45 bits per heavy atom. The highest BCUT2D eigenvalue weighted by Gasteiger charge is 2.52. The summed E-state index contributed by atoms with van der Waals surface area (Å²) in [5.74, 6) is 0.308. The van der Waals surface area contributed by atoms with Gasteiger partial charge in [-0.3, -0.25) is 0 Å². The number of rotatable bonds is 1. The standard InChI is InChI=1S/C20H34O2/c1-15-8-6-9-16(2)11-12-17(19(3,4)21)14-18-20(5,22-18)13-7-10-15/h9-10,17-18,21H,6-8,11-14H2,1-5H3/b15-10+,16-9+/t17-,18+,20-/m1/s1. The minimum absolute atomic E-state index is 0.0370. The molecule has 2 heteroatoms. The molecule has 2 nitrogen and oxygen atoms in total. The average Bonchev–Trinajstić information content (AvgIpc) is 3.03. The molecule has 0 bridgehead atoms. The van der Waals surface area contributed by atoms with Gasteiger partial charge in [-0.05, 0) is 85.5 Å². The number of aliphatic hydroxyl groups is 1. The zero-order valence-corrected chi connectivity index (χ0v) is 15.1. The van der Waals surface area contributed by atoms with Gasteiger partial charge in [0.1, 0.15) is 0 Å². The highest BCUT2D eigenvalue weighted by Crippen LogP contribution is 2.46. The number of hydrogen-bond acceptors (Lipinski definition) is 2. The summed E-state index contributed by atoms with van der Waals surface area (Å²) in [5, 5.41) is 10.5. The van der Waals surface area contributed by atoms with Crippen LogP contribution in [-0.4, -0.2) is 22.4 Å². The molecule has 0 amide bonds. The fourth-order valence-corrected chi connectivity index (χ4v) is 3.58. The van der Waals surface area contributed by atoms with Gasteiger partial charge in [-0.15, -0.1) is 0 Å². The van der Waals surface area contributed by atoms with Crippen molar-refractivity contribution in [3.05, 3.63) is 23.3 Å². The van der Waals surface area contributed by atoms with Crippen LogP contribution >= 0.6 is 0 Å². The SMILES string of the molecule is C/C1=C\CC[C@@]2(C)O[C@H]2C[C@H](C(C)(C)O)CC/C(C)=C/CC1. The van der Waals surface area contributed by atoms with Crippen LogP contribution in [0.25, 0.3) is 0 Å². The number of fused-ring (bicyclic) bond motifs is 1. The van der Waals surface area contributed by atoms with Crippen molar-refractivity contribution in [2.24, 2.45) is 5.92 Å². The van der Waals surface area contributed by atoms with E-state index >= 15 is 0 Å². The molecule has 0 spiro atoms. The largest absolute Gasteiger partial charge is 0.390 e. The summed E-state index contributed by atoms with van der Waals surface area (Å²) in [4.78, 5) is 0. The second-order valence-electron chi connectivity index (χ2n) is 8.22. The van der Waals surface area contributed by atoms with Crippen molar-refractivity contribution in [1.82, 2.24) is 0 Å². The molecule has 1 saturated heterocycles. The highest BCUT2D eigenvalue weighted by molar-refractivity contribution is 5.08. The third-order valence-electron chi connectivity index (χ3n) is 5.59. The van der Waals surface area contributed by atoms with Gasteiger partial charge in [0, 0.05) is 0 Å². The van der Waals surface area contributed by atoms with Crippen LogP contribution in [0.15, 0.2) is 23.3 Å². The molecule has 2 rings (SSSR count). The molecule has 0 aromatic heterocycles. The first-order chi connectivity index (χ1) is 10.2. The Balaban J connectivity index is 2.08. The third kappa shape index (κ3) is 4.96. The van der Waals surface area contributed by atoms with Crippen molar-refractivity contribution < 1.29 is 9.84 Å². The summed E-state index contributed by atoms with van der Waals surface area (Å²) in [6.07, 6.45) is 12.7. The van der Waals surface area contributed by atoms with E-state index in [1.54, 1.807) is 0 Å². The van der Waals surface area contributed by atoms with Crippen LogP contribution in [0.2, 0.25) is 0 Å². The molecule has 2 aliphatic rings. The van der Waals surface area contributed by atoms with Crippen LogP contribution < -0.4 is 0 Å². The lowest BCUT2D eigenvalue weighted by Crippen LogP contribution is -2.32. The van der Waals surface area contributed by atoms with Gasteiger partial charge in [-0.25, -0.2) is 0 Å². The second-order valence-corrected chi connectivity index (χ2v) is 8.22. The van der Waals surface area contributed by atoms with Gasteiger partial charge in [-0.2, -0.15) is 0 Å². The van der Waals surface area contributed by atoms with Crippen LogP contribution in [0.5, 0.6) is 0 Å². The summed E-state index contributed by atoms with van der Waals surface area (Å²) >= 11 is 0. The molecule has 1 aliphatic heterocycles. The van der Waals surface area contributed by atoms with Crippen molar-refractivity contribution in [2.75, 3.05) is 0 Å². The number of epoxide rings is 1. The first-order valence-corrected chi connectivity index (χ1v) is 8.92. The zero-order chi connectivity index (χ0) is 16.4. The van der Waals surface area contributed by atoms with Crippen molar-refractivity contribution in [1.29, 1.82) is 0 Å². The first-order valence-electron chi connectivity index (χ1n) is 8.92. The fourth-order valence-electron chi connectivity index (χ4n) is 3.58. The maximum atomic E-state index is 10.5. The maximum Gasteiger partial charge on any atom is 0.0923 e. The monoisotopic (exact) mass is 306 g/mol. The maximum absolute atomic E-state index is 10.5. The Bertz CT molecular complexity index is 441. The molecule has 1 aliphatic carbocycles. The molecule has 0 saturated carbocycles. The average molecular weight is 306 g/mol. The Hall–Kier alpha value is -0.600. The topological polar surface area (TPSA) is 32.8 Å². The fraction of sp³-hybridized carbons (Fsp3) is 0.800. The number of allylic oxidation sites excluding steroid dienone is 4. The third-order valence-corrected chi connectivity index (χ3v) is 5.59. The van der Waals surface area contributed by atoms with E-state index in [1.807, 2.05) is 13.8 Å². The molecule has 1 fully saturated rings. The quantitative estimate of drug-likeness (QED) is 0.535. The lowest BCUT2D eigenvalue weighted by Gasteiger charge is -2.29.